The zero-order chi connectivity index (χ0) is 24.4. The number of hydrogen-bond donors (Lipinski definition) is 1. The van der Waals surface area contributed by atoms with E-state index in [1.54, 1.807) is 24.3 Å². The molecule has 0 aromatic heterocycles. The van der Waals surface area contributed by atoms with E-state index in [9.17, 15) is 9.18 Å². The molecule has 2 aromatic carbocycles. The number of methoxy groups -OCH3 is 1. The second kappa shape index (κ2) is 9.99. The number of benzene rings is 2. The third-order valence-corrected chi connectivity index (χ3v) is 6.15. The van der Waals surface area contributed by atoms with E-state index in [2.05, 4.69) is 23.9 Å². The summed E-state index contributed by atoms with van der Waals surface area (Å²) in [6.07, 6.45) is 2.27. The molecule has 0 unspecified atom stereocenters. The van der Waals surface area contributed by atoms with E-state index >= 15 is 0 Å². The number of aliphatic imine (C=N–C) groups is 1. The Kier molecular flexibility index (Phi) is 7.04. The summed E-state index contributed by atoms with van der Waals surface area (Å²) < 4.78 is 24.4. The fourth-order valence-corrected chi connectivity index (χ4v) is 4.70. The van der Waals surface area contributed by atoms with Crippen molar-refractivity contribution in [2.45, 2.75) is 26.9 Å². The van der Waals surface area contributed by atoms with Crippen LogP contribution in [0.5, 0.6) is 11.5 Å². The molecule has 0 radical (unpaired) electrons. The van der Waals surface area contributed by atoms with E-state index in [0.717, 1.165) is 17.0 Å². The van der Waals surface area contributed by atoms with Crippen LogP contribution in [0.15, 0.2) is 52.1 Å². The summed E-state index contributed by atoms with van der Waals surface area (Å²) in [6, 6.07) is 9.22. The van der Waals surface area contributed by atoms with E-state index in [0.29, 0.717) is 28.1 Å². The number of hydrazone groups is 1. The summed E-state index contributed by atoms with van der Waals surface area (Å²) in [6.45, 7) is 4.32. The Labute approximate surface area is 205 Å². The van der Waals surface area contributed by atoms with Crippen LogP contribution in [0.1, 0.15) is 31.4 Å². The number of ether oxygens (including phenoxy) is 2. The number of thioether (sulfide) groups is 1. The van der Waals surface area contributed by atoms with Crippen molar-refractivity contribution in [2.75, 3.05) is 7.11 Å². The maximum absolute atomic E-state index is 13.1. The molecule has 0 spiro atoms. The SMILES string of the molecule is COc1cc(C=C2C(=N)N3N=C(CC(C)C)SC3=NC2=O)cc(Cl)c1OCc1ccc(F)cc1. The molecule has 1 amide bonds. The molecule has 2 aliphatic heterocycles. The third-order valence-electron chi connectivity index (χ3n) is 4.94. The number of carbonyl (C=O) groups excluding carboxylic acids is 1. The van der Waals surface area contributed by atoms with Crippen LogP contribution in [-0.4, -0.2) is 34.1 Å². The predicted molar refractivity (Wildman–Crippen MR) is 133 cm³/mol. The number of fused-ring (bicyclic) bond motifs is 1. The Morgan fingerprint density at radius 2 is 2.00 bits per heavy atom. The van der Waals surface area contributed by atoms with Crippen LogP contribution >= 0.6 is 23.4 Å². The highest BCUT2D eigenvalue weighted by molar-refractivity contribution is 8.26. The smallest absolute Gasteiger partial charge is 0.283 e. The summed E-state index contributed by atoms with van der Waals surface area (Å²) in [7, 11) is 1.48. The average molecular weight is 501 g/mol. The number of hydrogen-bond acceptors (Lipinski definition) is 6. The van der Waals surface area contributed by atoms with E-state index < -0.39 is 5.91 Å². The zero-order valence-corrected chi connectivity index (χ0v) is 20.3. The van der Waals surface area contributed by atoms with Crippen molar-refractivity contribution < 1.29 is 18.7 Å². The Bertz CT molecular complexity index is 1240. The minimum atomic E-state index is -0.517. The Hall–Kier alpha value is -3.17. The van der Waals surface area contributed by atoms with Crippen LogP contribution in [0.2, 0.25) is 5.02 Å². The lowest BCUT2D eigenvalue weighted by Gasteiger charge is -2.20. The van der Waals surface area contributed by atoms with Gasteiger partial charge in [-0.15, -0.1) is 0 Å². The summed E-state index contributed by atoms with van der Waals surface area (Å²) >= 11 is 7.77. The van der Waals surface area contributed by atoms with Crippen molar-refractivity contribution in [3.63, 3.8) is 0 Å². The minimum Gasteiger partial charge on any atom is -0.493 e. The first-order valence-electron chi connectivity index (χ1n) is 10.5. The van der Waals surface area contributed by atoms with Crippen molar-refractivity contribution in [1.82, 2.24) is 5.01 Å². The minimum absolute atomic E-state index is 0.0482. The van der Waals surface area contributed by atoms with Gasteiger partial charge in [0.15, 0.2) is 17.3 Å². The van der Waals surface area contributed by atoms with Gasteiger partial charge in [0.25, 0.3) is 5.91 Å². The van der Waals surface area contributed by atoms with Gasteiger partial charge in [-0.05, 0) is 59.1 Å². The monoisotopic (exact) mass is 500 g/mol. The van der Waals surface area contributed by atoms with Gasteiger partial charge in [-0.25, -0.2) is 4.39 Å². The topological polar surface area (TPSA) is 87.3 Å². The largest absolute Gasteiger partial charge is 0.493 e. The standard InChI is InChI=1S/C24H22ClFN4O3S/c1-13(2)8-20-29-30-22(27)17(23(31)28-24(30)34-20)9-15-10-18(25)21(19(11-15)32-3)33-12-14-4-6-16(26)7-5-14/h4-7,9-11,13,27H,8,12H2,1-3H3. The van der Waals surface area contributed by atoms with E-state index in [1.807, 2.05) is 0 Å². The fourth-order valence-electron chi connectivity index (χ4n) is 3.33. The van der Waals surface area contributed by atoms with Gasteiger partial charge in [-0.1, -0.05) is 37.6 Å². The van der Waals surface area contributed by atoms with Crippen molar-refractivity contribution in [1.29, 1.82) is 5.41 Å². The number of halogens is 2. The molecule has 2 aliphatic rings. The number of nitrogens with zero attached hydrogens (tertiary/aromatic N) is 3. The maximum atomic E-state index is 13.1. The lowest BCUT2D eigenvalue weighted by molar-refractivity contribution is -0.114. The molecular formula is C24H22ClFN4O3S. The highest BCUT2D eigenvalue weighted by Gasteiger charge is 2.35. The van der Waals surface area contributed by atoms with Crippen molar-refractivity contribution in [2.24, 2.45) is 16.0 Å². The fraction of sp³-hybridized carbons (Fsp3) is 0.250. The summed E-state index contributed by atoms with van der Waals surface area (Å²) in [5.41, 5.74) is 1.40. The first-order valence-corrected chi connectivity index (χ1v) is 11.7. The molecule has 0 aliphatic carbocycles. The summed E-state index contributed by atoms with van der Waals surface area (Å²) in [4.78, 5) is 16.8. The van der Waals surface area contributed by atoms with E-state index in [4.69, 9.17) is 26.5 Å². The molecule has 0 bridgehead atoms. The van der Waals surface area contributed by atoms with Crippen LogP contribution < -0.4 is 9.47 Å². The van der Waals surface area contributed by atoms with Crippen molar-refractivity contribution in [3.05, 3.63) is 63.9 Å². The quantitative estimate of drug-likeness (QED) is 0.490. The second-order valence-electron chi connectivity index (χ2n) is 8.06. The third kappa shape index (κ3) is 5.15. The molecule has 7 nitrogen and oxygen atoms in total. The van der Waals surface area contributed by atoms with Gasteiger partial charge in [0.05, 0.1) is 17.7 Å². The summed E-state index contributed by atoms with van der Waals surface area (Å²) in [5.74, 6) is 0.177. The van der Waals surface area contributed by atoms with Gasteiger partial charge in [0.1, 0.15) is 17.5 Å². The molecule has 1 N–H and O–H groups in total. The molecule has 0 fully saturated rings. The lowest BCUT2D eigenvalue weighted by Crippen LogP contribution is -2.35. The average Bonchev–Trinajstić information content (AvgIpc) is 3.18. The molecule has 176 valence electrons. The molecule has 0 saturated carbocycles. The van der Waals surface area contributed by atoms with E-state index in [-0.39, 0.29) is 28.9 Å². The Morgan fingerprint density at radius 1 is 1.26 bits per heavy atom. The second-order valence-corrected chi connectivity index (χ2v) is 9.51. The van der Waals surface area contributed by atoms with Gasteiger partial charge in [-0.2, -0.15) is 15.1 Å². The van der Waals surface area contributed by atoms with Gasteiger partial charge >= 0.3 is 0 Å². The highest BCUT2D eigenvalue weighted by Crippen LogP contribution is 2.38. The van der Waals surface area contributed by atoms with Gasteiger partial charge < -0.3 is 9.47 Å². The normalized spacial score (nSPS) is 16.6. The maximum Gasteiger partial charge on any atom is 0.283 e. The highest BCUT2D eigenvalue weighted by atomic mass is 35.5. The number of nitrogens with one attached hydrogen (secondary N) is 1. The number of amides is 1. The van der Waals surface area contributed by atoms with Crippen LogP contribution in [0.3, 0.4) is 0 Å². The van der Waals surface area contributed by atoms with Crippen LogP contribution in [-0.2, 0) is 11.4 Å². The van der Waals surface area contributed by atoms with Crippen LogP contribution in [0.4, 0.5) is 4.39 Å². The Balaban J connectivity index is 1.58. The molecule has 10 heteroatoms. The predicted octanol–water partition coefficient (Wildman–Crippen LogP) is 5.73. The van der Waals surface area contributed by atoms with Crippen LogP contribution in [0, 0.1) is 17.1 Å². The molecule has 34 heavy (non-hydrogen) atoms. The van der Waals surface area contributed by atoms with Gasteiger partial charge in [0, 0.05) is 6.42 Å². The number of amidine groups is 2. The first kappa shape index (κ1) is 24.0. The molecule has 2 heterocycles. The lowest BCUT2D eigenvalue weighted by atomic mass is 10.1. The van der Waals surface area contributed by atoms with E-state index in [1.165, 1.54) is 42.1 Å². The van der Waals surface area contributed by atoms with Crippen LogP contribution in [0.25, 0.3) is 6.08 Å². The van der Waals surface area contributed by atoms with Crippen molar-refractivity contribution in [3.8, 4) is 11.5 Å². The molecule has 0 atom stereocenters. The molecule has 0 saturated heterocycles. The molecule has 4 rings (SSSR count). The van der Waals surface area contributed by atoms with Gasteiger partial charge in [0.2, 0.25) is 5.17 Å². The molecule has 2 aromatic rings. The number of carbonyl (C=O) groups is 1. The summed E-state index contributed by atoms with van der Waals surface area (Å²) in [5, 5.41) is 15.8. The number of rotatable bonds is 7. The molecular weight excluding hydrogens is 479 g/mol. The van der Waals surface area contributed by atoms with Gasteiger partial charge in [-0.3, -0.25) is 10.2 Å². The van der Waals surface area contributed by atoms with Crippen molar-refractivity contribution >= 4 is 51.4 Å². The zero-order valence-electron chi connectivity index (χ0n) is 18.8. The Morgan fingerprint density at radius 3 is 2.68 bits per heavy atom. The first-order chi connectivity index (χ1) is 16.2.